The summed E-state index contributed by atoms with van der Waals surface area (Å²) in [6.45, 7) is 2.64. The lowest BCUT2D eigenvalue weighted by atomic mass is 10.1. The number of aliphatic imine (C=N–C) groups is 1. The Bertz CT molecular complexity index is 901. The van der Waals surface area contributed by atoms with Crippen molar-refractivity contribution in [3.8, 4) is 17.2 Å². The third kappa shape index (κ3) is 4.11. The van der Waals surface area contributed by atoms with E-state index in [2.05, 4.69) is 4.99 Å². The zero-order valence-corrected chi connectivity index (χ0v) is 15.5. The molecule has 2 aromatic rings. The molecule has 0 bridgehead atoms. The van der Waals surface area contributed by atoms with Crippen LogP contribution >= 0.6 is 0 Å². The Kier molecular flexibility index (Phi) is 5.76. The number of esters is 1. The van der Waals surface area contributed by atoms with E-state index in [1.807, 2.05) is 31.2 Å². The van der Waals surface area contributed by atoms with Crippen LogP contribution in [0.3, 0.4) is 0 Å². The van der Waals surface area contributed by atoms with E-state index in [0.717, 1.165) is 12.0 Å². The molecule has 0 fully saturated rings. The van der Waals surface area contributed by atoms with Gasteiger partial charge in [0.1, 0.15) is 5.75 Å². The number of rotatable bonds is 7. The topological polar surface area (TPSA) is 66.3 Å². The van der Waals surface area contributed by atoms with Gasteiger partial charge >= 0.3 is 5.97 Å². The van der Waals surface area contributed by atoms with Crippen LogP contribution in [0.5, 0.6) is 17.2 Å². The van der Waals surface area contributed by atoms with E-state index >= 15 is 0 Å². The molecule has 0 saturated carbocycles. The number of ether oxygens (including phenoxy) is 4. The summed E-state index contributed by atoms with van der Waals surface area (Å²) in [5.74, 6) is 1.55. The predicted molar refractivity (Wildman–Crippen MR) is 102 cm³/mol. The van der Waals surface area contributed by atoms with Crippen LogP contribution in [-0.2, 0) is 9.53 Å². The second-order valence-corrected chi connectivity index (χ2v) is 5.80. The molecule has 1 aliphatic heterocycles. The first-order valence-electron chi connectivity index (χ1n) is 8.63. The maximum absolute atomic E-state index is 12.2. The number of carbonyl (C=O) groups excluding carboxylic acids is 1. The highest BCUT2D eigenvalue weighted by molar-refractivity contribution is 6.13. The molecule has 6 heteroatoms. The highest BCUT2D eigenvalue weighted by Crippen LogP contribution is 2.30. The molecule has 0 atom stereocenters. The number of carbonyl (C=O) groups is 1. The number of methoxy groups -OCH3 is 2. The Morgan fingerprint density at radius 3 is 2.56 bits per heavy atom. The van der Waals surface area contributed by atoms with Crippen molar-refractivity contribution in [3.05, 3.63) is 59.3 Å². The van der Waals surface area contributed by atoms with Crippen molar-refractivity contribution in [1.29, 1.82) is 0 Å². The molecule has 0 amide bonds. The maximum atomic E-state index is 12.2. The van der Waals surface area contributed by atoms with Crippen molar-refractivity contribution in [2.75, 3.05) is 20.8 Å². The van der Waals surface area contributed by atoms with Crippen LogP contribution in [0.25, 0.3) is 6.08 Å². The van der Waals surface area contributed by atoms with Crippen molar-refractivity contribution in [1.82, 2.24) is 0 Å². The molecule has 0 unspecified atom stereocenters. The minimum absolute atomic E-state index is 0.209. The molecule has 2 aromatic carbocycles. The van der Waals surface area contributed by atoms with Crippen molar-refractivity contribution >= 4 is 17.9 Å². The minimum Gasteiger partial charge on any atom is -0.496 e. The summed E-state index contributed by atoms with van der Waals surface area (Å²) >= 11 is 0. The first-order chi connectivity index (χ1) is 13.2. The molecule has 0 aromatic heterocycles. The van der Waals surface area contributed by atoms with Gasteiger partial charge in [-0.1, -0.05) is 25.1 Å². The molecular weight excluding hydrogens is 346 g/mol. The van der Waals surface area contributed by atoms with E-state index in [1.54, 1.807) is 38.5 Å². The standard InChI is InChI=1S/C21H21NO5/c1-4-11-26-18-10-9-14(13-19(18)25-3)12-16-21(23)27-20(22-16)15-7-5-6-8-17(15)24-2/h5-10,12-13H,4,11H2,1-3H3/b16-12-. The summed E-state index contributed by atoms with van der Waals surface area (Å²) in [4.78, 5) is 16.5. The highest BCUT2D eigenvalue weighted by Gasteiger charge is 2.26. The van der Waals surface area contributed by atoms with E-state index in [1.165, 1.54) is 0 Å². The average molecular weight is 367 g/mol. The van der Waals surface area contributed by atoms with Gasteiger partial charge in [-0.2, -0.15) is 0 Å². The normalized spacial score (nSPS) is 14.7. The van der Waals surface area contributed by atoms with Gasteiger partial charge in [0.25, 0.3) is 0 Å². The largest absolute Gasteiger partial charge is 0.496 e. The van der Waals surface area contributed by atoms with Crippen molar-refractivity contribution in [2.45, 2.75) is 13.3 Å². The monoisotopic (exact) mass is 367 g/mol. The van der Waals surface area contributed by atoms with Gasteiger partial charge in [-0.25, -0.2) is 9.79 Å². The minimum atomic E-state index is -0.513. The molecule has 6 nitrogen and oxygen atoms in total. The lowest BCUT2D eigenvalue weighted by Crippen LogP contribution is -2.06. The molecule has 3 rings (SSSR count). The molecular formula is C21H21NO5. The molecule has 0 spiro atoms. The fraction of sp³-hybridized carbons (Fsp3) is 0.238. The van der Waals surface area contributed by atoms with Crippen LogP contribution in [0.4, 0.5) is 0 Å². The van der Waals surface area contributed by atoms with E-state index in [0.29, 0.717) is 29.4 Å². The number of benzene rings is 2. The van der Waals surface area contributed by atoms with Gasteiger partial charge in [-0.15, -0.1) is 0 Å². The lowest BCUT2D eigenvalue weighted by Gasteiger charge is -2.10. The molecule has 0 saturated heterocycles. The van der Waals surface area contributed by atoms with Gasteiger partial charge in [0.05, 0.1) is 26.4 Å². The average Bonchev–Trinajstić information content (AvgIpc) is 3.06. The molecule has 27 heavy (non-hydrogen) atoms. The first kappa shape index (κ1) is 18.5. The van der Waals surface area contributed by atoms with Crippen LogP contribution in [0, 0.1) is 0 Å². The highest BCUT2D eigenvalue weighted by atomic mass is 16.6. The fourth-order valence-electron chi connectivity index (χ4n) is 2.61. The second-order valence-electron chi connectivity index (χ2n) is 5.80. The first-order valence-corrected chi connectivity index (χ1v) is 8.63. The Labute approximate surface area is 158 Å². The van der Waals surface area contributed by atoms with E-state index < -0.39 is 5.97 Å². The molecule has 0 radical (unpaired) electrons. The number of hydrogen-bond donors (Lipinski definition) is 0. The van der Waals surface area contributed by atoms with Crippen LogP contribution in [-0.4, -0.2) is 32.7 Å². The number of para-hydroxylation sites is 1. The molecule has 1 aliphatic rings. The number of cyclic esters (lactones) is 1. The van der Waals surface area contributed by atoms with Crippen molar-refractivity contribution < 1.29 is 23.7 Å². The van der Waals surface area contributed by atoms with Gasteiger partial charge in [-0.05, 0) is 42.3 Å². The van der Waals surface area contributed by atoms with Crippen molar-refractivity contribution in [2.24, 2.45) is 4.99 Å². The molecule has 0 N–H and O–H groups in total. The Morgan fingerprint density at radius 2 is 1.81 bits per heavy atom. The third-order valence-electron chi connectivity index (χ3n) is 3.91. The Hall–Kier alpha value is -3.28. The zero-order valence-electron chi connectivity index (χ0n) is 15.5. The third-order valence-corrected chi connectivity index (χ3v) is 3.91. The number of nitrogens with zero attached hydrogens (tertiary/aromatic N) is 1. The SMILES string of the molecule is CCCOc1ccc(/C=C2\N=C(c3ccccc3OC)OC2=O)cc1OC. The summed E-state index contributed by atoms with van der Waals surface area (Å²) in [6.07, 6.45) is 2.55. The van der Waals surface area contributed by atoms with Gasteiger partial charge in [0.15, 0.2) is 17.2 Å². The summed E-state index contributed by atoms with van der Waals surface area (Å²) < 4.78 is 21.6. The van der Waals surface area contributed by atoms with Gasteiger partial charge in [0, 0.05) is 0 Å². The van der Waals surface area contributed by atoms with Crippen LogP contribution < -0.4 is 14.2 Å². The van der Waals surface area contributed by atoms with E-state index in [4.69, 9.17) is 18.9 Å². The summed E-state index contributed by atoms with van der Waals surface area (Å²) in [6, 6.07) is 12.7. The molecule has 140 valence electrons. The Morgan fingerprint density at radius 1 is 1.04 bits per heavy atom. The van der Waals surface area contributed by atoms with Gasteiger partial charge < -0.3 is 18.9 Å². The molecule has 0 aliphatic carbocycles. The van der Waals surface area contributed by atoms with Gasteiger partial charge in [0.2, 0.25) is 5.90 Å². The molecule has 1 heterocycles. The summed E-state index contributed by atoms with van der Waals surface area (Å²) in [5, 5.41) is 0. The Balaban J connectivity index is 1.90. The van der Waals surface area contributed by atoms with Crippen LogP contribution in [0.2, 0.25) is 0 Å². The number of hydrogen-bond acceptors (Lipinski definition) is 6. The predicted octanol–water partition coefficient (Wildman–Crippen LogP) is 3.84. The summed E-state index contributed by atoms with van der Waals surface area (Å²) in [7, 11) is 3.13. The quantitative estimate of drug-likeness (QED) is 0.549. The summed E-state index contributed by atoms with van der Waals surface area (Å²) in [5.41, 5.74) is 1.59. The van der Waals surface area contributed by atoms with Crippen LogP contribution in [0.1, 0.15) is 24.5 Å². The van der Waals surface area contributed by atoms with Crippen molar-refractivity contribution in [3.63, 3.8) is 0 Å². The van der Waals surface area contributed by atoms with E-state index in [9.17, 15) is 4.79 Å². The van der Waals surface area contributed by atoms with Gasteiger partial charge in [-0.3, -0.25) is 0 Å². The maximum Gasteiger partial charge on any atom is 0.363 e. The zero-order chi connectivity index (χ0) is 19.2. The van der Waals surface area contributed by atoms with E-state index in [-0.39, 0.29) is 11.6 Å². The fourth-order valence-corrected chi connectivity index (χ4v) is 2.61. The van der Waals surface area contributed by atoms with Crippen LogP contribution in [0.15, 0.2) is 53.2 Å². The lowest BCUT2D eigenvalue weighted by molar-refractivity contribution is -0.129. The smallest absolute Gasteiger partial charge is 0.363 e. The second kappa shape index (κ2) is 8.40.